The van der Waals surface area contributed by atoms with Gasteiger partial charge in [-0.1, -0.05) is 37.5 Å². The summed E-state index contributed by atoms with van der Waals surface area (Å²) in [7, 11) is 1.69. The summed E-state index contributed by atoms with van der Waals surface area (Å²) in [4.78, 5) is 4.56. The summed E-state index contributed by atoms with van der Waals surface area (Å²) in [6, 6.07) is 6.00. The number of aromatic nitrogens is 1. The van der Waals surface area contributed by atoms with Crippen molar-refractivity contribution in [2.45, 2.75) is 32.6 Å². The summed E-state index contributed by atoms with van der Waals surface area (Å²) in [5.74, 6) is 0.889. The van der Waals surface area contributed by atoms with Crippen LogP contribution >= 0.6 is 11.3 Å². The highest BCUT2D eigenvalue weighted by molar-refractivity contribution is 7.22. The predicted octanol–water partition coefficient (Wildman–Crippen LogP) is 4.30. The molecule has 1 aromatic heterocycles. The third-order valence-electron chi connectivity index (χ3n) is 2.90. The molecule has 3 nitrogen and oxygen atoms in total. The van der Waals surface area contributed by atoms with Gasteiger partial charge in [0.2, 0.25) is 0 Å². The number of hydrogen-bond donors (Lipinski definition) is 1. The number of rotatable bonds is 7. The highest BCUT2D eigenvalue weighted by Gasteiger charge is 2.04. The molecule has 0 aliphatic carbocycles. The van der Waals surface area contributed by atoms with Crippen LogP contribution in [-0.2, 0) is 0 Å². The van der Waals surface area contributed by atoms with Crippen LogP contribution in [0, 0.1) is 0 Å². The average molecular weight is 264 g/mol. The fourth-order valence-electron chi connectivity index (χ4n) is 1.85. The molecule has 0 spiro atoms. The summed E-state index contributed by atoms with van der Waals surface area (Å²) >= 11 is 1.69. The van der Waals surface area contributed by atoms with Crippen molar-refractivity contribution in [3.8, 4) is 5.75 Å². The van der Waals surface area contributed by atoms with Gasteiger partial charge in [-0.3, -0.25) is 0 Å². The Morgan fingerprint density at radius 1 is 1.28 bits per heavy atom. The van der Waals surface area contributed by atoms with Crippen LogP contribution in [0.2, 0.25) is 0 Å². The van der Waals surface area contributed by atoms with Gasteiger partial charge < -0.3 is 10.1 Å². The van der Waals surface area contributed by atoms with E-state index < -0.39 is 0 Å². The van der Waals surface area contributed by atoms with Gasteiger partial charge >= 0.3 is 0 Å². The van der Waals surface area contributed by atoms with Crippen molar-refractivity contribution in [3.63, 3.8) is 0 Å². The van der Waals surface area contributed by atoms with Crippen LogP contribution in [0.4, 0.5) is 5.13 Å². The van der Waals surface area contributed by atoms with Crippen LogP contribution in [0.3, 0.4) is 0 Å². The Bertz CT molecular complexity index is 495. The van der Waals surface area contributed by atoms with Gasteiger partial charge in [-0.15, -0.1) is 0 Å². The standard InChI is InChI=1S/C14H20N2OS/c1-3-4-5-6-9-15-14-16-12-8-7-11(17-2)10-13(12)18-14/h7-8,10H,3-6,9H2,1-2H3,(H,15,16). The first-order valence-corrected chi connectivity index (χ1v) is 7.33. The summed E-state index contributed by atoms with van der Waals surface area (Å²) in [6.45, 7) is 3.24. The van der Waals surface area contributed by atoms with Crippen LogP contribution < -0.4 is 10.1 Å². The number of ether oxygens (including phenoxy) is 1. The maximum absolute atomic E-state index is 5.22. The van der Waals surface area contributed by atoms with E-state index in [0.29, 0.717) is 0 Å². The van der Waals surface area contributed by atoms with Gasteiger partial charge in [0.15, 0.2) is 5.13 Å². The summed E-state index contributed by atoms with van der Waals surface area (Å²) < 4.78 is 6.39. The van der Waals surface area contributed by atoms with Crippen molar-refractivity contribution in [1.82, 2.24) is 4.98 Å². The zero-order valence-electron chi connectivity index (χ0n) is 11.0. The lowest BCUT2D eigenvalue weighted by Gasteiger charge is -2.00. The molecule has 0 unspecified atom stereocenters. The zero-order chi connectivity index (χ0) is 12.8. The number of nitrogens with zero attached hydrogens (tertiary/aromatic N) is 1. The molecule has 98 valence electrons. The molecule has 2 rings (SSSR count). The third kappa shape index (κ3) is 3.35. The molecule has 0 bridgehead atoms. The van der Waals surface area contributed by atoms with Crippen molar-refractivity contribution in [1.29, 1.82) is 0 Å². The number of fused-ring (bicyclic) bond motifs is 1. The molecular weight excluding hydrogens is 244 g/mol. The molecule has 0 fully saturated rings. The van der Waals surface area contributed by atoms with Gasteiger partial charge in [0, 0.05) is 6.54 Å². The van der Waals surface area contributed by atoms with Gasteiger partial charge in [-0.25, -0.2) is 4.98 Å². The van der Waals surface area contributed by atoms with Gasteiger partial charge in [0.25, 0.3) is 0 Å². The average Bonchev–Trinajstić information content (AvgIpc) is 2.80. The molecule has 1 N–H and O–H groups in total. The van der Waals surface area contributed by atoms with E-state index in [-0.39, 0.29) is 0 Å². The topological polar surface area (TPSA) is 34.2 Å². The SMILES string of the molecule is CCCCCCNc1nc2ccc(OC)cc2s1. The molecule has 0 atom stereocenters. The van der Waals surface area contributed by atoms with Gasteiger partial charge in [-0.05, 0) is 24.6 Å². The first kappa shape index (κ1) is 13.1. The highest BCUT2D eigenvalue weighted by atomic mass is 32.1. The summed E-state index contributed by atoms with van der Waals surface area (Å²) in [5, 5.41) is 4.41. The number of nitrogens with one attached hydrogen (secondary N) is 1. The Hall–Kier alpha value is -1.29. The lowest BCUT2D eigenvalue weighted by Crippen LogP contribution is -2.00. The minimum atomic E-state index is 0.889. The molecule has 0 amide bonds. The Balaban J connectivity index is 1.93. The number of thiazole rings is 1. The maximum Gasteiger partial charge on any atom is 0.183 e. The quantitative estimate of drug-likeness (QED) is 0.757. The third-order valence-corrected chi connectivity index (χ3v) is 3.88. The lowest BCUT2D eigenvalue weighted by atomic mass is 10.2. The van der Waals surface area contributed by atoms with Gasteiger partial charge in [0.1, 0.15) is 5.75 Å². The maximum atomic E-state index is 5.22. The van der Waals surface area contributed by atoms with Crippen LogP contribution in [-0.4, -0.2) is 18.6 Å². The second kappa shape index (κ2) is 6.59. The van der Waals surface area contributed by atoms with Crippen molar-refractivity contribution in [3.05, 3.63) is 18.2 Å². The van der Waals surface area contributed by atoms with E-state index in [0.717, 1.165) is 22.9 Å². The molecule has 4 heteroatoms. The Labute approximate surface area is 112 Å². The second-order valence-corrected chi connectivity index (χ2v) is 5.37. The molecule has 1 heterocycles. The van der Waals surface area contributed by atoms with E-state index >= 15 is 0 Å². The molecule has 0 saturated carbocycles. The van der Waals surface area contributed by atoms with Gasteiger partial charge in [-0.2, -0.15) is 0 Å². The summed E-state index contributed by atoms with van der Waals surface area (Å²) in [6.07, 6.45) is 5.11. The summed E-state index contributed by atoms with van der Waals surface area (Å²) in [5.41, 5.74) is 1.04. The fourth-order valence-corrected chi connectivity index (χ4v) is 2.77. The minimum absolute atomic E-state index is 0.889. The molecular formula is C14H20N2OS. The Morgan fingerprint density at radius 2 is 2.17 bits per heavy atom. The Morgan fingerprint density at radius 3 is 2.94 bits per heavy atom. The van der Waals surface area contributed by atoms with Crippen molar-refractivity contribution < 1.29 is 4.74 Å². The van der Waals surface area contributed by atoms with Gasteiger partial charge in [0.05, 0.1) is 17.3 Å². The molecule has 0 aliphatic heterocycles. The predicted molar refractivity (Wildman–Crippen MR) is 78.8 cm³/mol. The van der Waals surface area contributed by atoms with Crippen LogP contribution in [0.25, 0.3) is 10.2 Å². The van der Waals surface area contributed by atoms with Crippen molar-refractivity contribution in [2.24, 2.45) is 0 Å². The second-order valence-electron chi connectivity index (χ2n) is 4.34. The molecule has 1 aromatic carbocycles. The number of anilines is 1. The number of hydrogen-bond acceptors (Lipinski definition) is 4. The molecule has 0 aliphatic rings. The lowest BCUT2D eigenvalue weighted by molar-refractivity contribution is 0.415. The van der Waals surface area contributed by atoms with Crippen LogP contribution in [0.1, 0.15) is 32.6 Å². The smallest absolute Gasteiger partial charge is 0.183 e. The first-order valence-electron chi connectivity index (χ1n) is 6.52. The Kier molecular flexibility index (Phi) is 4.81. The number of unbranched alkanes of at least 4 members (excludes halogenated alkanes) is 3. The molecule has 0 saturated heterocycles. The van der Waals surface area contributed by atoms with Crippen LogP contribution in [0.15, 0.2) is 18.2 Å². The van der Waals surface area contributed by atoms with E-state index in [1.54, 1.807) is 18.4 Å². The van der Waals surface area contributed by atoms with E-state index in [4.69, 9.17) is 4.74 Å². The normalized spacial score (nSPS) is 10.8. The van der Waals surface area contributed by atoms with E-state index in [2.05, 4.69) is 17.2 Å². The largest absolute Gasteiger partial charge is 0.497 e. The molecule has 0 radical (unpaired) electrons. The number of methoxy groups -OCH3 is 1. The van der Waals surface area contributed by atoms with E-state index in [1.807, 2.05) is 18.2 Å². The van der Waals surface area contributed by atoms with Crippen molar-refractivity contribution >= 4 is 26.7 Å². The van der Waals surface area contributed by atoms with E-state index in [1.165, 1.54) is 30.4 Å². The number of benzene rings is 1. The first-order chi connectivity index (χ1) is 8.83. The van der Waals surface area contributed by atoms with E-state index in [9.17, 15) is 0 Å². The minimum Gasteiger partial charge on any atom is -0.497 e. The van der Waals surface area contributed by atoms with Crippen LogP contribution in [0.5, 0.6) is 5.75 Å². The molecule has 2 aromatic rings. The highest BCUT2D eigenvalue weighted by Crippen LogP contribution is 2.29. The molecule has 18 heavy (non-hydrogen) atoms. The fraction of sp³-hybridized carbons (Fsp3) is 0.500. The van der Waals surface area contributed by atoms with Crippen molar-refractivity contribution in [2.75, 3.05) is 19.0 Å². The zero-order valence-corrected chi connectivity index (χ0v) is 11.8. The monoisotopic (exact) mass is 264 g/mol.